The van der Waals surface area contributed by atoms with Gasteiger partial charge in [-0.2, -0.15) is 0 Å². The third-order valence-corrected chi connectivity index (χ3v) is 4.64. The molecule has 1 heterocycles. The number of hydrogen-bond donors (Lipinski definition) is 0. The van der Waals surface area contributed by atoms with Crippen molar-refractivity contribution in [2.24, 2.45) is 11.8 Å². The molecule has 2 aromatic rings. The highest BCUT2D eigenvalue weighted by atomic mass is 16.1. The Hall–Kier alpha value is -1.70. The van der Waals surface area contributed by atoms with Crippen LogP contribution in [0.5, 0.6) is 0 Å². The first-order valence-corrected chi connectivity index (χ1v) is 7.67. The molecule has 0 amide bonds. The summed E-state index contributed by atoms with van der Waals surface area (Å²) in [5.74, 6) is 1.14. The van der Waals surface area contributed by atoms with E-state index in [0.29, 0.717) is 11.6 Å². The standard InChI is InChI=1S/C18H21NO/c1-2-13-6-5-8-15(12-13)18(20)17-16-9-4-3-7-14(16)10-11-19-17/h3-4,7,9-11,13,15H,2,5-6,8,12H2,1H3. The minimum atomic E-state index is 0.173. The van der Waals surface area contributed by atoms with Crippen LogP contribution in [-0.4, -0.2) is 10.8 Å². The van der Waals surface area contributed by atoms with E-state index < -0.39 is 0 Å². The van der Waals surface area contributed by atoms with E-state index in [1.165, 1.54) is 19.3 Å². The summed E-state index contributed by atoms with van der Waals surface area (Å²) in [5, 5.41) is 2.10. The fourth-order valence-corrected chi connectivity index (χ4v) is 3.41. The first-order valence-electron chi connectivity index (χ1n) is 7.67. The predicted molar refractivity (Wildman–Crippen MR) is 81.8 cm³/mol. The highest BCUT2D eigenvalue weighted by Gasteiger charge is 2.28. The Morgan fingerprint density at radius 2 is 2.10 bits per heavy atom. The number of rotatable bonds is 3. The molecule has 2 heteroatoms. The molecule has 0 aliphatic heterocycles. The molecule has 0 saturated heterocycles. The fourth-order valence-electron chi connectivity index (χ4n) is 3.41. The zero-order valence-electron chi connectivity index (χ0n) is 12.0. The van der Waals surface area contributed by atoms with Crippen molar-refractivity contribution in [1.29, 1.82) is 0 Å². The molecule has 20 heavy (non-hydrogen) atoms. The molecule has 2 atom stereocenters. The Bertz CT molecular complexity index is 614. The zero-order chi connectivity index (χ0) is 13.9. The summed E-state index contributed by atoms with van der Waals surface area (Å²) >= 11 is 0. The number of pyridine rings is 1. The molecule has 2 unspecified atom stereocenters. The summed E-state index contributed by atoms with van der Waals surface area (Å²) in [4.78, 5) is 17.2. The van der Waals surface area contributed by atoms with Crippen molar-refractivity contribution in [2.75, 3.05) is 0 Å². The Balaban J connectivity index is 1.92. The first kappa shape index (κ1) is 13.3. The van der Waals surface area contributed by atoms with Crippen LogP contribution in [0, 0.1) is 11.8 Å². The summed E-state index contributed by atoms with van der Waals surface area (Å²) in [6.07, 6.45) is 7.48. The predicted octanol–water partition coefficient (Wildman–Crippen LogP) is 4.63. The summed E-state index contributed by atoms with van der Waals surface area (Å²) in [5.41, 5.74) is 0.671. The van der Waals surface area contributed by atoms with Crippen LogP contribution in [0.3, 0.4) is 0 Å². The van der Waals surface area contributed by atoms with Crippen molar-refractivity contribution < 1.29 is 4.79 Å². The molecule has 1 aromatic carbocycles. The van der Waals surface area contributed by atoms with Crippen LogP contribution in [0.4, 0.5) is 0 Å². The van der Waals surface area contributed by atoms with E-state index in [2.05, 4.69) is 11.9 Å². The molecule has 1 fully saturated rings. The molecule has 0 spiro atoms. The lowest BCUT2D eigenvalue weighted by Crippen LogP contribution is -2.23. The van der Waals surface area contributed by atoms with Crippen molar-refractivity contribution >= 4 is 16.6 Å². The van der Waals surface area contributed by atoms with Crippen molar-refractivity contribution in [3.8, 4) is 0 Å². The molecule has 104 valence electrons. The van der Waals surface area contributed by atoms with Crippen LogP contribution in [-0.2, 0) is 0 Å². The van der Waals surface area contributed by atoms with Gasteiger partial charge in [-0.25, -0.2) is 0 Å². The van der Waals surface area contributed by atoms with Gasteiger partial charge in [-0.05, 0) is 30.2 Å². The topological polar surface area (TPSA) is 30.0 Å². The van der Waals surface area contributed by atoms with Gasteiger partial charge in [0.1, 0.15) is 5.69 Å². The molecule has 1 aliphatic carbocycles. The van der Waals surface area contributed by atoms with Crippen molar-refractivity contribution in [3.63, 3.8) is 0 Å². The molecule has 1 aromatic heterocycles. The maximum atomic E-state index is 12.8. The number of carbonyl (C=O) groups excluding carboxylic acids is 1. The van der Waals surface area contributed by atoms with Crippen molar-refractivity contribution in [3.05, 3.63) is 42.2 Å². The highest BCUT2D eigenvalue weighted by Crippen LogP contribution is 2.33. The number of aromatic nitrogens is 1. The maximum absolute atomic E-state index is 12.8. The average molecular weight is 267 g/mol. The first-order chi connectivity index (χ1) is 9.79. The van der Waals surface area contributed by atoms with Gasteiger partial charge in [0.25, 0.3) is 0 Å². The number of ketones is 1. The second kappa shape index (κ2) is 5.74. The highest BCUT2D eigenvalue weighted by molar-refractivity contribution is 6.07. The van der Waals surface area contributed by atoms with Gasteiger partial charge >= 0.3 is 0 Å². The molecular formula is C18H21NO. The van der Waals surface area contributed by atoms with Crippen LogP contribution < -0.4 is 0 Å². The molecule has 0 radical (unpaired) electrons. The smallest absolute Gasteiger partial charge is 0.184 e. The minimum absolute atomic E-state index is 0.173. The zero-order valence-corrected chi connectivity index (χ0v) is 12.0. The number of Topliss-reactive ketones (excluding diaryl/α,β-unsaturated/α-hetero) is 1. The molecular weight excluding hydrogens is 246 g/mol. The number of hydrogen-bond acceptors (Lipinski definition) is 2. The SMILES string of the molecule is CCC1CCCC(C(=O)c2nccc3ccccc23)C1. The second-order valence-corrected chi connectivity index (χ2v) is 5.88. The molecule has 1 aliphatic rings. The lowest BCUT2D eigenvalue weighted by atomic mass is 9.77. The number of nitrogens with zero attached hydrogens (tertiary/aromatic N) is 1. The van der Waals surface area contributed by atoms with Crippen LogP contribution in [0.25, 0.3) is 10.8 Å². The Labute approximate surface area is 120 Å². The van der Waals surface area contributed by atoms with Crippen LogP contribution in [0.2, 0.25) is 0 Å². The van der Waals surface area contributed by atoms with E-state index in [1.54, 1.807) is 6.20 Å². The van der Waals surface area contributed by atoms with Gasteiger partial charge in [0.05, 0.1) is 0 Å². The summed E-state index contributed by atoms with van der Waals surface area (Å²) in [7, 11) is 0. The number of fused-ring (bicyclic) bond motifs is 1. The van der Waals surface area contributed by atoms with E-state index in [1.807, 2.05) is 30.3 Å². The molecule has 0 bridgehead atoms. The van der Waals surface area contributed by atoms with E-state index in [-0.39, 0.29) is 11.7 Å². The fraction of sp³-hybridized carbons (Fsp3) is 0.444. The molecule has 1 saturated carbocycles. The molecule has 3 rings (SSSR count). The Kier molecular flexibility index (Phi) is 3.81. The van der Waals surface area contributed by atoms with Crippen molar-refractivity contribution in [1.82, 2.24) is 4.98 Å². The van der Waals surface area contributed by atoms with Gasteiger partial charge < -0.3 is 0 Å². The van der Waals surface area contributed by atoms with E-state index >= 15 is 0 Å². The molecule has 0 N–H and O–H groups in total. The lowest BCUT2D eigenvalue weighted by molar-refractivity contribution is 0.0858. The minimum Gasteiger partial charge on any atom is -0.292 e. The third kappa shape index (κ3) is 2.47. The van der Waals surface area contributed by atoms with Gasteiger partial charge in [-0.1, -0.05) is 50.5 Å². The van der Waals surface area contributed by atoms with E-state index in [4.69, 9.17) is 0 Å². The quantitative estimate of drug-likeness (QED) is 0.759. The largest absolute Gasteiger partial charge is 0.292 e. The number of benzene rings is 1. The summed E-state index contributed by atoms with van der Waals surface area (Å²) in [6, 6.07) is 10.0. The summed E-state index contributed by atoms with van der Waals surface area (Å²) < 4.78 is 0. The summed E-state index contributed by atoms with van der Waals surface area (Å²) in [6.45, 7) is 2.23. The van der Waals surface area contributed by atoms with Crippen LogP contribution >= 0.6 is 0 Å². The maximum Gasteiger partial charge on any atom is 0.184 e. The van der Waals surface area contributed by atoms with E-state index in [0.717, 1.165) is 23.6 Å². The van der Waals surface area contributed by atoms with Crippen molar-refractivity contribution in [2.45, 2.75) is 39.0 Å². The van der Waals surface area contributed by atoms with Crippen LogP contribution in [0.1, 0.15) is 49.5 Å². The lowest BCUT2D eigenvalue weighted by Gasteiger charge is -2.27. The van der Waals surface area contributed by atoms with Crippen LogP contribution in [0.15, 0.2) is 36.5 Å². The second-order valence-electron chi connectivity index (χ2n) is 5.88. The van der Waals surface area contributed by atoms with Gasteiger partial charge in [-0.15, -0.1) is 0 Å². The van der Waals surface area contributed by atoms with Gasteiger partial charge in [0, 0.05) is 17.5 Å². The van der Waals surface area contributed by atoms with Gasteiger partial charge in [-0.3, -0.25) is 9.78 Å². The van der Waals surface area contributed by atoms with Gasteiger partial charge in [0.2, 0.25) is 0 Å². The normalized spacial score (nSPS) is 22.9. The average Bonchev–Trinajstić information content (AvgIpc) is 2.53. The van der Waals surface area contributed by atoms with Gasteiger partial charge in [0.15, 0.2) is 5.78 Å². The Morgan fingerprint density at radius 1 is 1.25 bits per heavy atom. The Morgan fingerprint density at radius 3 is 2.95 bits per heavy atom. The van der Waals surface area contributed by atoms with E-state index in [9.17, 15) is 4.79 Å². The third-order valence-electron chi connectivity index (χ3n) is 4.64. The monoisotopic (exact) mass is 267 g/mol. The number of carbonyl (C=O) groups is 1. The molecule has 2 nitrogen and oxygen atoms in total.